The highest BCUT2D eigenvalue weighted by Crippen LogP contribution is 2.22. The lowest BCUT2D eigenvalue weighted by atomic mass is 10.1. The van der Waals surface area contributed by atoms with Crippen LogP contribution in [-0.2, 0) is 16.0 Å². The topological polar surface area (TPSA) is 49.4 Å². The first kappa shape index (κ1) is 20.2. The van der Waals surface area contributed by atoms with Crippen LogP contribution in [0.15, 0.2) is 42.5 Å². The van der Waals surface area contributed by atoms with Crippen LogP contribution in [0, 0.1) is 5.82 Å². The molecule has 0 heterocycles. The van der Waals surface area contributed by atoms with Gasteiger partial charge in [0.2, 0.25) is 11.8 Å². The minimum Gasteiger partial charge on any atom is -0.342 e. The molecule has 2 aromatic rings. The summed E-state index contributed by atoms with van der Waals surface area (Å²) >= 11 is 11.8. The Labute approximate surface area is 161 Å². The molecule has 0 unspecified atom stereocenters. The van der Waals surface area contributed by atoms with Crippen LogP contribution in [0.3, 0.4) is 0 Å². The predicted octanol–water partition coefficient (Wildman–Crippen LogP) is 4.55. The van der Waals surface area contributed by atoms with Crippen LogP contribution in [0.25, 0.3) is 0 Å². The summed E-state index contributed by atoms with van der Waals surface area (Å²) in [5.41, 5.74) is 1.43. The standard InChI is InChI=1S/C19H19Cl2FN2O2/c1-13(25)24(8-6-14-2-4-17(22)5-3-14)9-7-19(26)23-18-11-15(20)10-16(21)12-18/h2-5,10-12H,6-9H2,1H3,(H,23,26). The van der Waals surface area contributed by atoms with E-state index in [0.29, 0.717) is 28.7 Å². The van der Waals surface area contributed by atoms with Crippen molar-refractivity contribution in [1.82, 2.24) is 4.90 Å². The molecular formula is C19H19Cl2FN2O2. The Balaban J connectivity index is 1.86. The van der Waals surface area contributed by atoms with E-state index in [4.69, 9.17) is 23.2 Å². The summed E-state index contributed by atoms with van der Waals surface area (Å²) in [5.74, 6) is -0.656. The summed E-state index contributed by atoms with van der Waals surface area (Å²) in [6.07, 6.45) is 0.735. The molecular weight excluding hydrogens is 378 g/mol. The second kappa shape index (κ2) is 9.55. The van der Waals surface area contributed by atoms with Gasteiger partial charge in [0.1, 0.15) is 5.82 Å². The predicted molar refractivity (Wildman–Crippen MR) is 102 cm³/mol. The summed E-state index contributed by atoms with van der Waals surface area (Å²) < 4.78 is 12.9. The summed E-state index contributed by atoms with van der Waals surface area (Å²) in [4.78, 5) is 25.5. The fraction of sp³-hybridized carbons (Fsp3) is 0.263. The van der Waals surface area contributed by atoms with Gasteiger partial charge in [0.05, 0.1) is 0 Å². The van der Waals surface area contributed by atoms with Gasteiger partial charge < -0.3 is 10.2 Å². The van der Waals surface area contributed by atoms with E-state index in [1.165, 1.54) is 19.1 Å². The van der Waals surface area contributed by atoms with Gasteiger partial charge in [0.15, 0.2) is 0 Å². The summed E-state index contributed by atoms with van der Waals surface area (Å²) in [7, 11) is 0. The number of amides is 2. The molecule has 138 valence electrons. The molecule has 0 fully saturated rings. The minimum atomic E-state index is -0.296. The smallest absolute Gasteiger partial charge is 0.226 e. The molecule has 2 amide bonds. The molecule has 26 heavy (non-hydrogen) atoms. The van der Waals surface area contributed by atoms with Gasteiger partial charge in [-0.2, -0.15) is 0 Å². The van der Waals surface area contributed by atoms with Crippen molar-refractivity contribution < 1.29 is 14.0 Å². The van der Waals surface area contributed by atoms with E-state index in [0.717, 1.165) is 5.56 Å². The van der Waals surface area contributed by atoms with Gasteiger partial charge in [-0.25, -0.2) is 4.39 Å². The second-order valence-electron chi connectivity index (χ2n) is 5.84. The largest absolute Gasteiger partial charge is 0.342 e. The number of hydrogen-bond donors (Lipinski definition) is 1. The molecule has 0 spiro atoms. The fourth-order valence-corrected chi connectivity index (χ4v) is 2.95. The molecule has 0 saturated heterocycles. The number of nitrogens with one attached hydrogen (secondary N) is 1. The number of rotatable bonds is 7. The zero-order valence-electron chi connectivity index (χ0n) is 14.3. The maximum atomic E-state index is 12.9. The minimum absolute atomic E-state index is 0.120. The SMILES string of the molecule is CC(=O)N(CCC(=O)Nc1cc(Cl)cc(Cl)c1)CCc1ccc(F)cc1. The highest BCUT2D eigenvalue weighted by atomic mass is 35.5. The number of nitrogens with zero attached hydrogens (tertiary/aromatic N) is 1. The van der Waals surface area contributed by atoms with Gasteiger partial charge in [0, 0.05) is 42.2 Å². The molecule has 2 rings (SSSR count). The average molecular weight is 397 g/mol. The number of hydrogen-bond acceptors (Lipinski definition) is 2. The number of carbonyl (C=O) groups is 2. The van der Waals surface area contributed by atoms with Crippen LogP contribution in [-0.4, -0.2) is 29.8 Å². The van der Waals surface area contributed by atoms with Crippen molar-refractivity contribution in [3.63, 3.8) is 0 Å². The number of carbonyl (C=O) groups excluding carboxylic acids is 2. The molecule has 0 aliphatic rings. The lowest BCUT2D eigenvalue weighted by molar-refractivity contribution is -0.129. The van der Waals surface area contributed by atoms with E-state index in [2.05, 4.69) is 5.32 Å². The van der Waals surface area contributed by atoms with Gasteiger partial charge in [-0.05, 0) is 42.3 Å². The van der Waals surface area contributed by atoms with Crippen molar-refractivity contribution in [2.24, 2.45) is 0 Å². The Hall–Kier alpha value is -2.11. The molecule has 0 radical (unpaired) electrons. The van der Waals surface area contributed by atoms with E-state index in [1.54, 1.807) is 35.2 Å². The van der Waals surface area contributed by atoms with Crippen molar-refractivity contribution in [2.75, 3.05) is 18.4 Å². The summed E-state index contributed by atoms with van der Waals surface area (Å²) in [6.45, 7) is 2.20. The molecule has 0 saturated carbocycles. The Bertz CT molecular complexity index is 761. The molecule has 0 atom stereocenters. The first-order valence-electron chi connectivity index (χ1n) is 8.09. The van der Waals surface area contributed by atoms with Crippen molar-refractivity contribution >= 4 is 40.7 Å². The third-order valence-electron chi connectivity index (χ3n) is 3.78. The molecule has 4 nitrogen and oxygen atoms in total. The first-order chi connectivity index (χ1) is 12.3. The third kappa shape index (κ3) is 6.65. The Kier molecular flexibility index (Phi) is 7.42. The summed E-state index contributed by atoms with van der Waals surface area (Å²) in [6, 6.07) is 10.9. The quantitative estimate of drug-likeness (QED) is 0.745. The van der Waals surface area contributed by atoms with E-state index in [-0.39, 0.29) is 30.6 Å². The van der Waals surface area contributed by atoms with Crippen LogP contribution in [0.1, 0.15) is 18.9 Å². The van der Waals surface area contributed by atoms with Gasteiger partial charge in [-0.15, -0.1) is 0 Å². The van der Waals surface area contributed by atoms with E-state index in [1.807, 2.05) is 0 Å². The second-order valence-corrected chi connectivity index (χ2v) is 6.71. The lowest BCUT2D eigenvalue weighted by Gasteiger charge is -2.21. The highest BCUT2D eigenvalue weighted by molar-refractivity contribution is 6.35. The molecule has 0 aliphatic heterocycles. The zero-order chi connectivity index (χ0) is 19.1. The molecule has 1 N–H and O–H groups in total. The number of halogens is 3. The molecule has 7 heteroatoms. The van der Waals surface area contributed by atoms with Crippen LogP contribution in [0.2, 0.25) is 10.0 Å². The average Bonchev–Trinajstić information content (AvgIpc) is 2.55. The molecule has 0 aromatic heterocycles. The van der Waals surface area contributed by atoms with Crippen molar-refractivity contribution in [2.45, 2.75) is 19.8 Å². The van der Waals surface area contributed by atoms with Crippen LogP contribution in [0.5, 0.6) is 0 Å². The Morgan fingerprint density at radius 1 is 1.04 bits per heavy atom. The van der Waals surface area contributed by atoms with Crippen LogP contribution >= 0.6 is 23.2 Å². The Morgan fingerprint density at radius 2 is 1.65 bits per heavy atom. The van der Waals surface area contributed by atoms with E-state index in [9.17, 15) is 14.0 Å². The Morgan fingerprint density at radius 3 is 2.23 bits per heavy atom. The first-order valence-corrected chi connectivity index (χ1v) is 8.85. The lowest BCUT2D eigenvalue weighted by Crippen LogP contribution is -2.33. The summed E-state index contributed by atoms with van der Waals surface area (Å²) in [5, 5.41) is 3.57. The maximum absolute atomic E-state index is 12.9. The third-order valence-corrected chi connectivity index (χ3v) is 4.22. The zero-order valence-corrected chi connectivity index (χ0v) is 15.8. The maximum Gasteiger partial charge on any atom is 0.226 e. The fourth-order valence-electron chi connectivity index (χ4n) is 2.43. The van der Waals surface area contributed by atoms with Crippen LogP contribution < -0.4 is 5.32 Å². The number of benzene rings is 2. The van der Waals surface area contributed by atoms with Gasteiger partial charge >= 0.3 is 0 Å². The molecule has 0 aliphatic carbocycles. The highest BCUT2D eigenvalue weighted by Gasteiger charge is 2.12. The van der Waals surface area contributed by atoms with Crippen LogP contribution in [0.4, 0.5) is 10.1 Å². The molecule has 2 aromatic carbocycles. The van der Waals surface area contributed by atoms with E-state index >= 15 is 0 Å². The van der Waals surface area contributed by atoms with Gasteiger partial charge in [-0.3, -0.25) is 9.59 Å². The van der Waals surface area contributed by atoms with Crippen molar-refractivity contribution in [3.05, 3.63) is 63.9 Å². The van der Waals surface area contributed by atoms with Gasteiger partial charge in [-0.1, -0.05) is 35.3 Å². The van der Waals surface area contributed by atoms with E-state index < -0.39 is 0 Å². The van der Waals surface area contributed by atoms with Crippen molar-refractivity contribution in [1.29, 1.82) is 0 Å². The van der Waals surface area contributed by atoms with Crippen molar-refractivity contribution in [3.8, 4) is 0 Å². The normalized spacial score (nSPS) is 10.5. The monoisotopic (exact) mass is 396 g/mol. The van der Waals surface area contributed by atoms with Gasteiger partial charge in [0.25, 0.3) is 0 Å². The number of anilines is 1. The molecule has 0 bridgehead atoms.